The molecule has 0 spiro atoms. The van der Waals surface area contributed by atoms with Crippen LogP contribution >= 0.6 is 11.6 Å². The number of hydrogen-bond acceptors (Lipinski definition) is 2. The lowest BCUT2D eigenvalue weighted by Gasteiger charge is -2.06. The molecule has 0 aromatic heterocycles. The topological polar surface area (TPSA) is 35.2 Å². The van der Waals surface area contributed by atoms with Crippen LogP contribution in [0.15, 0.2) is 48.5 Å². The Balaban J connectivity index is 2.22. The van der Waals surface area contributed by atoms with Crippen molar-refractivity contribution in [2.24, 2.45) is 0 Å². The molecular weight excluding hydrogens is 210 g/mol. The van der Waals surface area contributed by atoms with Gasteiger partial charge in [-0.2, -0.15) is 0 Å². The maximum atomic E-state index is 5.88. The number of nitrogens with two attached hydrogens (primary N) is 1. The van der Waals surface area contributed by atoms with E-state index in [-0.39, 0.29) is 0 Å². The Labute approximate surface area is 93.2 Å². The minimum absolute atomic E-state index is 0.503. The maximum absolute atomic E-state index is 5.88. The molecule has 0 heterocycles. The minimum atomic E-state index is 0.503. The normalized spacial score (nSPS) is 9.93. The van der Waals surface area contributed by atoms with E-state index < -0.39 is 0 Å². The first-order valence-corrected chi connectivity index (χ1v) is 4.91. The van der Waals surface area contributed by atoms with Gasteiger partial charge in [0.05, 0.1) is 10.7 Å². The lowest BCUT2D eigenvalue weighted by atomic mass is 10.3. The number of ether oxygens (including phenoxy) is 1. The number of anilines is 1. The van der Waals surface area contributed by atoms with Crippen molar-refractivity contribution >= 4 is 17.3 Å². The van der Waals surface area contributed by atoms with E-state index in [9.17, 15) is 0 Å². The van der Waals surface area contributed by atoms with Gasteiger partial charge < -0.3 is 10.5 Å². The van der Waals surface area contributed by atoms with E-state index in [4.69, 9.17) is 22.1 Å². The summed E-state index contributed by atoms with van der Waals surface area (Å²) in [5, 5.41) is 0.503. The molecule has 0 amide bonds. The second kappa shape index (κ2) is 4.24. The zero-order valence-electron chi connectivity index (χ0n) is 7.98. The highest BCUT2D eigenvalue weighted by Crippen LogP contribution is 2.27. The number of nitrogen functional groups attached to an aromatic ring is 1. The molecule has 76 valence electrons. The second-order valence-corrected chi connectivity index (χ2v) is 3.51. The average Bonchev–Trinajstić information content (AvgIpc) is 2.25. The van der Waals surface area contributed by atoms with Gasteiger partial charge in [0, 0.05) is 6.07 Å². The lowest BCUT2D eigenvalue weighted by Crippen LogP contribution is -1.88. The third-order valence-corrected chi connectivity index (χ3v) is 2.28. The second-order valence-electron chi connectivity index (χ2n) is 3.10. The van der Waals surface area contributed by atoms with Gasteiger partial charge in [0.15, 0.2) is 0 Å². The Morgan fingerprint density at radius 2 is 1.67 bits per heavy atom. The third kappa shape index (κ3) is 2.42. The summed E-state index contributed by atoms with van der Waals surface area (Å²) in [6.45, 7) is 0. The van der Waals surface area contributed by atoms with Gasteiger partial charge >= 0.3 is 0 Å². The van der Waals surface area contributed by atoms with Crippen LogP contribution in [0.25, 0.3) is 0 Å². The Hall–Kier alpha value is -1.67. The predicted molar refractivity (Wildman–Crippen MR) is 62.4 cm³/mol. The van der Waals surface area contributed by atoms with Crippen LogP contribution in [0, 0.1) is 0 Å². The number of rotatable bonds is 2. The summed E-state index contributed by atoms with van der Waals surface area (Å²) in [5.41, 5.74) is 6.15. The molecule has 2 N–H and O–H groups in total. The van der Waals surface area contributed by atoms with Gasteiger partial charge in [0.2, 0.25) is 0 Å². The zero-order chi connectivity index (χ0) is 10.7. The lowest BCUT2D eigenvalue weighted by molar-refractivity contribution is 0.483. The van der Waals surface area contributed by atoms with E-state index in [1.54, 1.807) is 18.2 Å². The van der Waals surface area contributed by atoms with Gasteiger partial charge in [-0.15, -0.1) is 0 Å². The van der Waals surface area contributed by atoms with E-state index in [0.717, 1.165) is 5.75 Å². The Morgan fingerprint density at radius 1 is 0.933 bits per heavy atom. The van der Waals surface area contributed by atoms with E-state index in [1.807, 2.05) is 30.3 Å². The molecule has 0 saturated heterocycles. The summed E-state index contributed by atoms with van der Waals surface area (Å²) < 4.78 is 5.57. The van der Waals surface area contributed by atoms with E-state index >= 15 is 0 Å². The van der Waals surface area contributed by atoms with Crippen molar-refractivity contribution in [3.8, 4) is 11.5 Å². The molecule has 2 aromatic rings. The highest BCUT2D eigenvalue weighted by Gasteiger charge is 2.00. The van der Waals surface area contributed by atoms with Crippen molar-refractivity contribution in [3.63, 3.8) is 0 Å². The van der Waals surface area contributed by atoms with Crippen LogP contribution in [0.1, 0.15) is 0 Å². The highest BCUT2D eigenvalue weighted by molar-refractivity contribution is 6.33. The maximum Gasteiger partial charge on any atom is 0.129 e. The third-order valence-electron chi connectivity index (χ3n) is 1.95. The van der Waals surface area contributed by atoms with E-state index in [2.05, 4.69) is 0 Å². The number of halogens is 1. The average molecular weight is 220 g/mol. The highest BCUT2D eigenvalue weighted by atomic mass is 35.5. The van der Waals surface area contributed by atoms with Crippen LogP contribution in [-0.4, -0.2) is 0 Å². The van der Waals surface area contributed by atoms with Crippen LogP contribution in [0.5, 0.6) is 11.5 Å². The van der Waals surface area contributed by atoms with Gasteiger partial charge in [-0.1, -0.05) is 29.8 Å². The first kappa shape index (κ1) is 9.87. The molecule has 0 radical (unpaired) electrons. The van der Waals surface area contributed by atoms with Crippen molar-refractivity contribution < 1.29 is 4.74 Å². The Bertz CT molecular complexity index is 456. The molecule has 15 heavy (non-hydrogen) atoms. The summed E-state index contributed by atoms with van der Waals surface area (Å²) in [6, 6.07) is 14.7. The standard InChI is InChI=1S/C12H10ClNO/c13-11-8-10(6-7-12(11)14)15-9-4-2-1-3-5-9/h1-8H,14H2. The molecule has 3 heteroatoms. The molecular formula is C12H10ClNO. The molecule has 0 aliphatic heterocycles. The van der Waals surface area contributed by atoms with Crippen molar-refractivity contribution in [1.82, 2.24) is 0 Å². The van der Waals surface area contributed by atoms with E-state index in [0.29, 0.717) is 16.5 Å². The fraction of sp³-hybridized carbons (Fsp3) is 0. The van der Waals surface area contributed by atoms with Crippen molar-refractivity contribution in [2.75, 3.05) is 5.73 Å². The monoisotopic (exact) mass is 219 g/mol. The van der Waals surface area contributed by atoms with Gasteiger partial charge in [-0.25, -0.2) is 0 Å². The molecule has 2 rings (SSSR count). The Morgan fingerprint density at radius 3 is 2.33 bits per heavy atom. The number of para-hydroxylation sites is 1. The van der Waals surface area contributed by atoms with Crippen LogP contribution in [0.2, 0.25) is 5.02 Å². The van der Waals surface area contributed by atoms with Gasteiger partial charge in [-0.05, 0) is 24.3 Å². The zero-order valence-corrected chi connectivity index (χ0v) is 8.74. The van der Waals surface area contributed by atoms with Crippen LogP contribution < -0.4 is 10.5 Å². The van der Waals surface area contributed by atoms with Crippen LogP contribution in [0.3, 0.4) is 0 Å². The summed E-state index contributed by atoms with van der Waals surface area (Å²) in [7, 11) is 0. The SMILES string of the molecule is Nc1ccc(Oc2ccccc2)cc1Cl. The molecule has 0 unspecified atom stereocenters. The molecule has 0 bridgehead atoms. The summed E-state index contributed by atoms with van der Waals surface area (Å²) in [5.74, 6) is 1.46. The minimum Gasteiger partial charge on any atom is -0.457 e. The van der Waals surface area contributed by atoms with Crippen molar-refractivity contribution in [3.05, 3.63) is 53.6 Å². The van der Waals surface area contributed by atoms with Crippen molar-refractivity contribution in [2.45, 2.75) is 0 Å². The summed E-state index contributed by atoms with van der Waals surface area (Å²) >= 11 is 5.88. The largest absolute Gasteiger partial charge is 0.457 e. The smallest absolute Gasteiger partial charge is 0.129 e. The molecule has 0 aliphatic carbocycles. The Kier molecular flexibility index (Phi) is 2.79. The van der Waals surface area contributed by atoms with Gasteiger partial charge in [0.25, 0.3) is 0 Å². The fourth-order valence-electron chi connectivity index (χ4n) is 1.20. The number of hydrogen-bond donors (Lipinski definition) is 1. The fourth-order valence-corrected chi connectivity index (χ4v) is 1.37. The molecule has 2 aromatic carbocycles. The summed E-state index contributed by atoms with van der Waals surface area (Å²) in [4.78, 5) is 0. The first-order chi connectivity index (χ1) is 7.25. The summed E-state index contributed by atoms with van der Waals surface area (Å²) in [6.07, 6.45) is 0. The molecule has 0 atom stereocenters. The van der Waals surface area contributed by atoms with Crippen LogP contribution in [-0.2, 0) is 0 Å². The molecule has 2 nitrogen and oxygen atoms in total. The van der Waals surface area contributed by atoms with Gasteiger partial charge in [0.1, 0.15) is 11.5 Å². The number of benzene rings is 2. The van der Waals surface area contributed by atoms with Gasteiger partial charge in [-0.3, -0.25) is 0 Å². The van der Waals surface area contributed by atoms with Crippen molar-refractivity contribution in [1.29, 1.82) is 0 Å². The van der Waals surface area contributed by atoms with Crippen LogP contribution in [0.4, 0.5) is 5.69 Å². The first-order valence-electron chi connectivity index (χ1n) is 4.53. The predicted octanol–water partition coefficient (Wildman–Crippen LogP) is 3.71. The molecule has 0 fully saturated rings. The molecule has 0 saturated carbocycles. The molecule has 0 aliphatic rings. The van der Waals surface area contributed by atoms with E-state index in [1.165, 1.54) is 0 Å². The quantitative estimate of drug-likeness (QED) is 0.782.